The predicted molar refractivity (Wildman–Crippen MR) is 74.9 cm³/mol. The van der Waals surface area contributed by atoms with Crippen molar-refractivity contribution >= 4 is 27.5 Å². The lowest BCUT2D eigenvalue weighted by molar-refractivity contribution is 0.0817. The molecule has 0 amide bonds. The van der Waals surface area contributed by atoms with Crippen LogP contribution in [0.3, 0.4) is 0 Å². The standard InChI is InChI=1S/C13H18BrClO2/c1-10(2)9-16-5-6-17-13-4-3-12(14)7-11(13)8-15/h3-4,7,10H,5-6,8-9H2,1-2H3. The number of halogens is 2. The van der Waals surface area contributed by atoms with Crippen LogP contribution in [0.15, 0.2) is 22.7 Å². The van der Waals surface area contributed by atoms with Crippen molar-refractivity contribution in [1.82, 2.24) is 0 Å². The zero-order chi connectivity index (χ0) is 12.7. The lowest BCUT2D eigenvalue weighted by Crippen LogP contribution is -2.10. The van der Waals surface area contributed by atoms with Crippen molar-refractivity contribution in [3.05, 3.63) is 28.2 Å². The van der Waals surface area contributed by atoms with E-state index in [9.17, 15) is 0 Å². The van der Waals surface area contributed by atoms with Gasteiger partial charge in [0.2, 0.25) is 0 Å². The van der Waals surface area contributed by atoms with E-state index >= 15 is 0 Å². The van der Waals surface area contributed by atoms with E-state index in [4.69, 9.17) is 21.1 Å². The van der Waals surface area contributed by atoms with Gasteiger partial charge in [-0.15, -0.1) is 11.6 Å². The third kappa shape index (κ3) is 5.75. The molecular weight excluding hydrogens is 303 g/mol. The Morgan fingerprint density at radius 1 is 1.29 bits per heavy atom. The second-order valence-electron chi connectivity index (χ2n) is 4.20. The van der Waals surface area contributed by atoms with Crippen molar-refractivity contribution in [3.63, 3.8) is 0 Å². The molecule has 0 N–H and O–H groups in total. The lowest BCUT2D eigenvalue weighted by atomic mass is 10.2. The smallest absolute Gasteiger partial charge is 0.123 e. The van der Waals surface area contributed by atoms with Crippen LogP contribution in [0.25, 0.3) is 0 Å². The highest BCUT2D eigenvalue weighted by molar-refractivity contribution is 9.10. The predicted octanol–water partition coefficient (Wildman–Crippen LogP) is 4.24. The summed E-state index contributed by atoms with van der Waals surface area (Å²) in [5, 5.41) is 0. The first kappa shape index (κ1) is 14.8. The van der Waals surface area contributed by atoms with Crippen LogP contribution >= 0.6 is 27.5 Å². The first-order chi connectivity index (χ1) is 8.13. The van der Waals surface area contributed by atoms with Crippen LogP contribution in [-0.2, 0) is 10.6 Å². The fourth-order valence-corrected chi connectivity index (χ4v) is 1.94. The molecule has 0 saturated carbocycles. The molecule has 0 aliphatic heterocycles. The van der Waals surface area contributed by atoms with Crippen LogP contribution in [0.1, 0.15) is 19.4 Å². The van der Waals surface area contributed by atoms with Gasteiger partial charge in [0.05, 0.1) is 12.5 Å². The monoisotopic (exact) mass is 320 g/mol. The van der Waals surface area contributed by atoms with Crippen molar-refractivity contribution < 1.29 is 9.47 Å². The minimum atomic E-state index is 0.446. The summed E-state index contributed by atoms with van der Waals surface area (Å²) in [7, 11) is 0. The molecule has 0 bridgehead atoms. The van der Waals surface area contributed by atoms with Crippen LogP contribution in [0.5, 0.6) is 5.75 Å². The summed E-state index contributed by atoms with van der Waals surface area (Å²) < 4.78 is 12.1. The maximum absolute atomic E-state index is 5.85. The van der Waals surface area contributed by atoms with E-state index in [2.05, 4.69) is 29.8 Å². The molecule has 0 aromatic heterocycles. The largest absolute Gasteiger partial charge is 0.491 e. The summed E-state index contributed by atoms with van der Waals surface area (Å²) in [5.74, 6) is 1.83. The average Bonchev–Trinajstić information content (AvgIpc) is 2.29. The zero-order valence-corrected chi connectivity index (χ0v) is 12.6. The second-order valence-corrected chi connectivity index (χ2v) is 5.39. The Morgan fingerprint density at radius 3 is 2.71 bits per heavy atom. The van der Waals surface area contributed by atoms with Gasteiger partial charge in [-0.2, -0.15) is 0 Å². The van der Waals surface area contributed by atoms with Crippen molar-refractivity contribution in [2.75, 3.05) is 19.8 Å². The Morgan fingerprint density at radius 2 is 2.06 bits per heavy atom. The Labute approximate surface area is 116 Å². The summed E-state index contributed by atoms with van der Waals surface area (Å²) in [6.07, 6.45) is 0. The summed E-state index contributed by atoms with van der Waals surface area (Å²) in [6, 6.07) is 5.84. The number of benzene rings is 1. The Bertz CT molecular complexity index is 342. The van der Waals surface area contributed by atoms with Crippen molar-refractivity contribution in [1.29, 1.82) is 0 Å². The summed E-state index contributed by atoms with van der Waals surface area (Å²) in [4.78, 5) is 0. The third-order valence-electron chi connectivity index (χ3n) is 2.10. The van der Waals surface area contributed by atoms with Gasteiger partial charge >= 0.3 is 0 Å². The normalized spacial score (nSPS) is 10.9. The van der Waals surface area contributed by atoms with Gasteiger partial charge in [0, 0.05) is 16.6 Å². The highest BCUT2D eigenvalue weighted by atomic mass is 79.9. The van der Waals surface area contributed by atoms with Gasteiger partial charge in [0.15, 0.2) is 0 Å². The zero-order valence-electron chi connectivity index (χ0n) is 10.2. The number of ether oxygens (including phenoxy) is 2. The third-order valence-corrected chi connectivity index (χ3v) is 2.88. The van der Waals surface area contributed by atoms with Crippen LogP contribution < -0.4 is 4.74 Å². The number of hydrogen-bond donors (Lipinski definition) is 0. The Kier molecular flexibility index (Phi) is 6.93. The second kappa shape index (κ2) is 7.96. The molecule has 0 aliphatic carbocycles. The molecule has 2 nitrogen and oxygen atoms in total. The van der Waals surface area contributed by atoms with Gasteiger partial charge in [-0.3, -0.25) is 0 Å². The van der Waals surface area contributed by atoms with Crippen LogP contribution in [0.4, 0.5) is 0 Å². The maximum Gasteiger partial charge on any atom is 0.123 e. The molecule has 1 aromatic carbocycles. The van der Waals surface area contributed by atoms with E-state index in [1.54, 1.807) is 0 Å². The van der Waals surface area contributed by atoms with Crippen LogP contribution in [-0.4, -0.2) is 19.8 Å². The Hall–Kier alpha value is -0.250. The minimum Gasteiger partial charge on any atom is -0.491 e. The van der Waals surface area contributed by atoms with E-state index in [1.807, 2.05) is 18.2 Å². The molecule has 17 heavy (non-hydrogen) atoms. The van der Waals surface area contributed by atoms with Crippen molar-refractivity contribution in [3.8, 4) is 5.75 Å². The minimum absolute atomic E-state index is 0.446. The van der Waals surface area contributed by atoms with Crippen LogP contribution in [0.2, 0.25) is 0 Å². The molecule has 0 spiro atoms. The van der Waals surface area contributed by atoms with Gasteiger partial charge in [0.1, 0.15) is 12.4 Å². The molecular formula is C13H18BrClO2. The fraction of sp³-hybridized carbons (Fsp3) is 0.538. The van der Waals surface area contributed by atoms with Gasteiger partial charge in [-0.25, -0.2) is 0 Å². The lowest BCUT2D eigenvalue weighted by Gasteiger charge is -2.11. The molecule has 0 unspecified atom stereocenters. The molecule has 0 atom stereocenters. The van der Waals surface area contributed by atoms with E-state index in [0.29, 0.717) is 25.0 Å². The molecule has 0 aliphatic rings. The number of rotatable bonds is 7. The molecule has 0 fully saturated rings. The summed E-state index contributed by atoms with van der Waals surface area (Å²) >= 11 is 9.26. The quantitative estimate of drug-likeness (QED) is 0.552. The summed E-state index contributed by atoms with van der Waals surface area (Å²) in [5.41, 5.74) is 0.991. The van der Waals surface area contributed by atoms with Gasteiger partial charge in [-0.1, -0.05) is 29.8 Å². The highest BCUT2D eigenvalue weighted by Crippen LogP contribution is 2.24. The van der Waals surface area contributed by atoms with E-state index in [0.717, 1.165) is 22.4 Å². The SMILES string of the molecule is CC(C)COCCOc1ccc(Br)cc1CCl. The van der Waals surface area contributed by atoms with Gasteiger partial charge in [0.25, 0.3) is 0 Å². The fourth-order valence-electron chi connectivity index (χ4n) is 1.32. The molecule has 1 rings (SSSR count). The van der Waals surface area contributed by atoms with E-state index in [-0.39, 0.29) is 0 Å². The molecule has 96 valence electrons. The first-order valence-electron chi connectivity index (χ1n) is 5.68. The molecule has 1 aromatic rings. The van der Waals surface area contributed by atoms with E-state index < -0.39 is 0 Å². The summed E-state index contributed by atoms with van der Waals surface area (Å²) in [6.45, 7) is 6.18. The molecule has 4 heteroatoms. The Balaban J connectivity index is 2.36. The molecule has 0 saturated heterocycles. The first-order valence-corrected chi connectivity index (χ1v) is 7.01. The topological polar surface area (TPSA) is 18.5 Å². The van der Waals surface area contributed by atoms with Crippen LogP contribution in [0, 0.1) is 5.92 Å². The average molecular weight is 322 g/mol. The number of hydrogen-bond acceptors (Lipinski definition) is 2. The van der Waals surface area contributed by atoms with Crippen molar-refractivity contribution in [2.45, 2.75) is 19.7 Å². The molecule has 0 radical (unpaired) electrons. The van der Waals surface area contributed by atoms with Gasteiger partial charge < -0.3 is 9.47 Å². The van der Waals surface area contributed by atoms with E-state index in [1.165, 1.54) is 0 Å². The van der Waals surface area contributed by atoms with Gasteiger partial charge in [-0.05, 0) is 24.1 Å². The highest BCUT2D eigenvalue weighted by Gasteiger charge is 2.03. The number of alkyl halides is 1. The van der Waals surface area contributed by atoms with Crippen molar-refractivity contribution in [2.24, 2.45) is 5.92 Å². The molecule has 0 heterocycles. The maximum atomic E-state index is 5.85.